The van der Waals surface area contributed by atoms with Gasteiger partial charge in [-0.3, -0.25) is 4.79 Å². The molecule has 0 radical (unpaired) electrons. The van der Waals surface area contributed by atoms with Gasteiger partial charge in [-0.05, 0) is 63.1 Å². The van der Waals surface area contributed by atoms with Crippen LogP contribution in [-0.2, 0) is 9.53 Å². The SMILES string of the molecule is COC(=O)C1(N)CCCC1CCN1CCC(C)(C)CC1. The van der Waals surface area contributed by atoms with E-state index in [1.165, 1.54) is 33.0 Å². The molecule has 1 saturated carbocycles. The Balaban J connectivity index is 1.83. The Morgan fingerprint density at radius 2 is 1.95 bits per heavy atom. The van der Waals surface area contributed by atoms with Gasteiger partial charge in [0.1, 0.15) is 5.54 Å². The lowest BCUT2D eigenvalue weighted by atomic mass is 9.82. The van der Waals surface area contributed by atoms with Crippen molar-refractivity contribution in [2.45, 2.75) is 57.9 Å². The number of ether oxygens (including phenoxy) is 1. The van der Waals surface area contributed by atoms with Gasteiger partial charge in [-0.1, -0.05) is 20.3 Å². The molecule has 4 nitrogen and oxygen atoms in total. The first-order chi connectivity index (χ1) is 9.37. The van der Waals surface area contributed by atoms with Crippen molar-refractivity contribution in [3.05, 3.63) is 0 Å². The fourth-order valence-electron chi connectivity index (χ4n) is 3.68. The second kappa shape index (κ2) is 6.02. The van der Waals surface area contributed by atoms with E-state index in [9.17, 15) is 4.79 Å². The predicted octanol–water partition coefficient (Wildman–Crippen LogP) is 2.17. The van der Waals surface area contributed by atoms with Crippen LogP contribution in [0.4, 0.5) is 0 Å². The van der Waals surface area contributed by atoms with Gasteiger partial charge in [-0.15, -0.1) is 0 Å². The van der Waals surface area contributed by atoms with E-state index >= 15 is 0 Å². The Morgan fingerprint density at radius 3 is 2.55 bits per heavy atom. The maximum atomic E-state index is 11.9. The average Bonchev–Trinajstić information content (AvgIpc) is 2.79. The molecule has 20 heavy (non-hydrogen) atoms. The van der Waals surface area contributed by atoms with E-state index in [1.54, 1.807) is 0 Å². The van der Waals surface area contributed by atoms with Crippen molar-refractivity contribution in [2.24, 2.45) is 17.1 Å². The molecule has 0 bridgehead atoms. The van der Waals surface area contributed by atoms with E-state index < -0.39 is 5.54 Å². The number of likely N-dealkylation sites (tertiary alicyclic amines) is 1. The minimum atomic E-state index is -0.732. The second-order valence-electron chi connectivity index (χ2n) is 7.42. The minimum Gasteiger partial charge on any atom is -0.468 e. The summed E-state index contributed by atoms with van der Waals surface area (Å²) >= 11 is 0. The zero-order valence-corrected chi connectivity index (χ0v) is 13.3. The Hall–Kier alpha value is -0.610. The standard InChI is InChI=1S/C16H30N2O2/c1-15(2)8-11-18(12-9-15)10-6-13-5-4-7-16(13,17)14(19)20-3/h13H,4-12,17H2,1-3H3. The largest absolute Gasteiger partial charge is 0.468 e. The lowest BCUT2D eigenvalue weighted by molar-refractivity contribution is -0.148. The first-order valence-electron chi connectivity index (χ1n) is 7.97. The summed E-state index contributed by atoms with van der Waals surface area (Å²) in [6.07, 6.45) is 6.43. The molecule has 116 valence electrons. The van der Waals surface area contributed by atoms with E-state index in [0.717, 1.165) is 32.2 Å². The number of hydrogen-bond acceptors (Lipinski definition) is 4. The van der Waals surface area contributed by atoms with Gasteiger partial charge in [-0.25, -0.2) is 0 Å². The third-order valence-corrected chi connectivity index (χ3v) is 5.44. The molecule has 1 aliphatic heterocycles. The van der Waals surface area contributed by atoms with Crippen LogP contribution >= 0.6 is 0 Å². The fraction of sp³-hybridized carbons (Fsp3) is 0.938. The molecule has 4 heteroatoms. The number of carbonyl (C=O) groups excluding carboxylic acids is 1. The van der Waals surface area contributed by atoms with Gasteiger partial charge >= 0.3 is 5.97 Å². The normalized spacial score (nSPS) is 34.1. The molecule has 2 N–H and O–H groups in total. The van der Waals surface area contributed by atoms with Gasteiger partial charge in [0.15, 0.2) is 0 Å². The van der Waals surface area contributed by atoms with Crippen molar-refractivity contribution < 1.29 is 9.53 Å². The van der Waals surface area contributed by atoms with Gasteiger partial charge in [0.05, 0.1) is 7.11 Å². The summed E-state index contributed by atoms with van der Waals surface area (Å²) in [5.41, 5.74) is 6.08. The van der Waals surface area contributed by atoms with E-state index in [0.29, 0.717) is 5.41 Å². The zero-order chi connectivity index (χ0) is 14.8. The van der Waals surface area contributed by atoms with Crippen LogP contribution in [0.1, 0.15) is 52.4 Å². The maximum absolute atomic E-state index is 11.9. The molecule has 0 aromatic heterocycles. The molecule has 0 spiro atoms. The van der Waals surface area contributed by atoms with Crippen LogP contribution in [0.15, 0.2) is 0 Å². The van der Waals surface area contributed by atoms with E-state index in [4.69, 9.17) is 10.5 Å². The monoisotopic (exact) mass is 282 g/mol. The molecule has 2 fully saturated rings. The number of nitrogens with two attached hydrogens (primary N) is 1. The summed E-state index contributed by atoms with van der Waals surface area (Å²) in [7, 11) is 1.44. The Kier molecular flexibility index (Phi) is 4.75. The molecule has 2 rings (SSSR count). The quantitative estimate of drug-likeness (QED) is 0.803. The number of carbonyl (C=O) groups is 1. The molecule has 2 unspecified atom stereocenters. The number of piperidine rings is 1. The summed E-state index contributed by atoms with van der Waals surface area (Å²) in [4.78, 5) is 14.5. The van der Waals surface area contributed by atoms with Crippen molar-refractivity contribution in [3.63, 3.8) is 0 Å². The molecule has 0 aromatic rings. The van der Waals surface area contributed by atoms with Crippen LogP contribution in [0.3, 0.4) is 0 Å². The molecule has 2 aliphatic rings. The third kappa shape index (κ3) is 3.34. The van der Waals surface area contributed by atoms with Crippen molar-refractivity contribution in [1.82, 2.24) is 4.90 Å². The first-order valence-corrected chi connectivity index (χ1v) is 7.97. The Labute approximate surface area is 123 Å². The lowest BCUT2D eigenvalue weighted by Crippen LogP contribution is -2.52. The minimum absolute atomic E-state index is 0.222. The summed E-state index contributed by atoms with van der Waals surface area (Å²) in [5.74, 6) is 0.0599. The van der Waals surface area contributed by atoms with Gasteiger partial charge in [-0.2, -0.15) is 0 Å². The summed E-state index contributed by atoms with van der Waals surface area (Å²) in [6, 6.07) is 0. The van der Waals surface area contributed by atoms with Crippen LogP contribution in [-0.4, -0.2) is 43.2 Å². The molecule has 0 amide bonds. The van der Waals surface area contributed by atoms with Crippen LogP contribution < -0.4 is 5.73 Å². The number of methoxy groups -OCH3 is 1. The molecule has 1 aliphatic carbocycles. The van der Waals surface area contributed by atoms with Crippen LogP contribution in [0.2, 0.25) is 0 Å². The fourth-order valence-corrected chi connectivity index (χ4v) is 3.68. The van der Waals surface area contributed by atoms with Crippen LogP contribution in [0.25, 0.3) is 0 Å². The summed E-state index contributed by atoms with van der Waals surface area (Å²) in [5, 5.41) is 0. The smallest absolute Gasteiger partial charge is 0.326 e. The molecule has 2 atom stereocenters. The molecular weight excluding hydrogens is 252 g/mol. The van der Waals surface area contributed by atoms with Crippen molar-refractivity contribution in [3.8, 4) is 0 Å². The number of hydrogen-bond donors (Lipinski definition) is 1. The van der Waals surface area contributed by atoms with Gasteiger partial charge in [0.25, 0.3) is 0 Å². The van der Waals surface area contributed by atoms with E-state index in [2.05, 4.69) is 18.7 Å². The zero-order valence-electron chi connectivity index (χ0n) is 13.3. The van der Waals surface area contributed by atoms with Crippen LogP contribution in [0.5, 0.6) is 0 Å². The van der Waals surface area contributed by atoms with Crippen molar-refractivity contribution >= 4 is 5.97 Å². The number of esters is 1. The summed E-state index contributed by atoms with van der Waals surface area (Å²) in [6.45, 7) is 8.12. The lowest BCUT2D eigenvalue weighted by Gasteiger charge is -2.38. The van der Waals surface area contributed by atoms with Crippen LogP contribution in [0, 0.1) is 11.3 Å². The third-order valence-electron chi connectivity index (χ3n) is 5.44. The van der Waals surface area contributed by atoms with E-state index in [-0.39, 0.29) is 11.9 Å². The van der Waals surface area contributed by atoms with Crippen molar-refractivity contribution in [2.75, 3.05) is 26.7 Å². The molecule has 1 heterocycles. The molecule has 0 aromatic carbocycles. The highest BCUT2D eigenvalue weighted by Crippen LogP contribution is 2.37. The van der Waals surface area contributed by atoms with E-state index in [1.807, 2.05) is 0 Å². The topological polar surface area (TPSA) is 55.6 Å². The highest BCUT2D eigenvalue weighted by Gasteiger charge is 2.46. The average molecular weight is 282 g/mol. The van der Waals surface area contributed by atoms with Crippen molar-refractivity contribution in [1.29, 1.82) is 0 Å². The first kappa shape index (κ1) is 15.8. The maximum Gasteiger partial charge on any atom is 0.326 e. The highest BCUT2D eigenvalue weighted by atomic mass is 16.5. The Morgan fingerprint density at radius 1 is 1.30 bits per heavy atom. The molecule has 1 saturated heterocycles. The van der Waals surface area contributed by atoms with Gasteiger partial charge in [0.2, 0.25) is 0 Å². The number of rotatable bonds is 4. The van der Waals surface area contributed by atoms with Gasteiger partial charge in [0, 0.05) is 0 Å². The number of nitrogens with zero attached hydrogens (tertiary/aromatic N) is 1. The Bertz CT molecular complexity index is 346. The van der Waals surface area contributed by atoms with Gasteiger partial charge < -0.3 is 15.4 Å². The predicted molar refractivity (Wildman–Crippen MR) is 80.3 cm³/mol. The summed E-state index contributed by atoms with van der Waals surface area (Å²) < 4.78 is 4.91. The highest BCUT2D eigenvalue weighted by molar-refractivity contribution is 5.81. The molecular formula is C16H30N2O2. The second-order valence-corrected chi connectivity index (χ2v) is 7.42.